The SMILES string of the molecule is COCCC(=O)NCCNS(=O)(=O)c1ccc(Cl)cc1. The predicted molar refractivity (Wildman–Crippen MR) is 76.1 cm³/mol. The van der Waals surface area contributed by atoms with Crippen LogP contribution in [0, 0.1) is 0 Å². The van der Waals surface area contributed by atoms with E-state index in [4.69, 9.17) is 16.3 Å². The molecule has 1 aromatic carbocycles. The summed E-state index contributed by atoms with van der Waals surface area (Å²) in [5, 5.41) is 3.05. The molecule has 0 saturated carbocycles. The van der Waals surface area contributed by atoms with Crippen molar-refractivity contribution in [1.29, 1.82) is 0 Å². The minimum Gasteiger partial charge on any atom is -0.384 e. The number of methoxy groups -OCH3 is 1. The highest BCUT2D eigenvalue weighted by Crippen LogP contribution is 2.13. The second kappa shape index (κ2) is 8.21. The molecule has 0 aliphatic carbocycles. The second-order valence-corrected chi connectivity index (χ2v) is 6.15. The van der Waals surface area contributed by atoms with Crippen molar-refractivity contribution in [2.45, 2.75) is 11.3 Å². The first-order valence-corrected chi connectivity index (χ1v) is 7.82. The van der Waals surface area contributed by atoms with E-state index in [0.29, 0.717) is 11.6 Å². The van der Waals surface area contributed by atoms with Gasteiger partial charge in [0.05, 0.1) is 11.5 Å². The van der Waals surface area contributed by atoms with Crippen LogP contribution in [0.2, 0.25) is 5.02 Å². The molecule has 6 nitrogen and oxygen atoms in total. The van der Waals surface area contributed by atoms with E-state index in [1.165, 1.54) is 31.4 Å². The normalized spacial score (nSPS) is 11.3. The molecular weight excluding hydrogens is 304 g/mol. The van der Waals surface area contributed by atoms with Crippen molar-refractivity contribution >= 4 is 27.5 Å². The van der Waals surface area contributed by atoms with Crippen LogP contribution in [-0.4, -0.2) is 41.1 Å². The zero-order chi connectivity index (χ0) is 15.0. The summed E-state index contributed by atoms with van der Waals surface area (Å²) >= 11 is 5.69. The Hall–Kier alpha value is -1.15. The largest absolute Gasteiger partial charge is 0.384 e. The van der Waals surface area contributed by atoms with Crippen molar-refractivity contribution in [3.05, 3.63) is 29.3 Å². The van der Waals surface area contributed by atoms with Gasteiger partial charge in [0.15, 0.2) is 0 Å². The summed E-state index contributed by atoms with van der Waals surface area (Å²) in [7, 11) is -2.07. The molecule has 20 heavy (non-hydrogen) atoms. The number of benzene rings is 1. The number of hydrogen-bond donors (Lipinski definition) is 2. The zero-order valence-corrected chi connectivity index (χ0v) is 12.6. The van der Waals surface area contributed by atoms with E-state index in [-0.39, 0.29) is 30.3 Å². The van der Waals surface area contributed by atoms with Gasteiger partial charge in [0.25, 0.3) is 0 Å². The van der Waals surface area contributed by atoms with E-state index < -0.39 is 10.0 Å². The third-order valence-electron chi connectivity index (χ3n) is 2.40. The first kappa shape index (κ1) is 16.9. The molecule has 0 aromatic heterocycles. The summed E-state index contributed by atoms with van der Waals surface area (Å²) in [6, 6.07) is 5.84. The highest BCUT2D eigenvalue weighted by atomic mass is 35.5. The molecule has 0 saturated heterocycles. The maximum atomic E-state index is 11.9. The topological polar surface area (TPSA) is 84.5 Å². The number of halogens is 1. The molecule has 1 aromatic rings. The molecule has 0 spiro atoms. The number of carbonyl (C=O) groups is 1. The molecule has 8 heteroatoms. The molecule has 0 unspecified atom stereocenters. The van der Waals surface area contributed by atoms with Gasteiger partial charge >= 0.3 is 0 Å². The third-order valence-corrected chi connectivity index (χ3v) is 4.13. The number of nitrogens with one attached hydrogen (secondary N) is 2. The van der Waals surface area contributed by atoms with Gasteiger partial charge in [0, 0.05) is 31.6 Å². The Morgan fingerprint density at radius 3 is 2.50 bits per heavy atom. The molecule has 0 heterocycles. The summed E-state index contributed by atoms with van der Waals surface area (Å²) in [6.45, 7) is 0.668. The van der Waals surface area contributed by atoms with Crippen molar-refractivity contribution in [1.82, 2.24) is 10.0 Å². The van der Waals surface area contributed by atoms with Gasteiger partial charge in [-0.3, -0.25) is 4.79 Å². The van der Waals surface area contributed by atoms with Crippen LogP contribution in [0.25, 0.3) is 0 Å². The number of carbonyl (C=O) groups excluding carboxylic acids is 1. The van der Waals surface area contributed by atoms with Crippen molar-refractivity contribution in [2.75, 3.05) is 26.8 Å². The lowest BCUT2D eigenvalue weighted by atomic mass is 10.4. The molecule has 1 rings (SSSR count). The number of rotatable bonds is 8. The maximum absolute atomic E-state index is 11.9. The van der Waals surface area contributed by atoms with Crippen molar-refractivity contribution < 1.29 is 17.9 Å². The smallest absolute Gasteiger partial charge is 0.240 e. The average molecular weight is 321 g/mol. The highest BCUT2D eigenvalue weighted by molar-refractivity contribution is 7.89. The first-order valence-electron chi connectivity index (χ1n) is 5.96. The molecular formula is C12H17ClN2O4S. The molecule has 0 bridgehead atoms. The molecule has 112 valence electrons. The molecule has 2 N–H and O–H groups in total. The minimum absolute atomic E-state index is 0.115. The van der Waals surface area contributed by atoms with Gasteiger partial charge in [-0.05, 0) is 24.3 Å². The quantitative estimate of drug-likeness (QED) is 0.693. The molecule has 0 aliphatic heterocycles. The Balaban J connectivity index is 2.37. The van der Waals surface area contributed by atoms with Crippen LogP contribution in [0.5, 0.6) is 0 Å². The fourth-order valence-corrected chi connectivity index (χ4v) is 2.53. The van der Waals surface area contributed by atoms with Crippen molar-refractivity contribution in [3.63, 3.8) is 0 Å². The zero-order valence-electron chi connectivity index (χ0n) is 11.1. The van der Waals surface area contributed by atoms with Crippen LogP contribution >= 0.6 is 11.6 Å². The van der Waals surface area contributed by atoms with Gasteiger partial charge in [-0.15, -0.1) is 0 Å². The van der Waals surface area contributed by atoms with Gasteiger partial charge in [0.2, 0.25) is 15.9 Å². The van der Waals surface area contributed by atoms with E-state index in [1.807, 2.05) is 0 Å². The highest BCUT2D eigenvalue weighted by Gasteiger charge is 2.12. The van der Waals surface area contributed by atoms with E-state index in [0.717, 1.165) is 0 Å². The minimum atomic E-state index is -3.58. The molecule has 1 amide bonds. The average Bonchev–Trinajstić information content (AvgIpc) is 2.42. The van der Waals surface area contributed by atoms with E-state index >= 15 is 0 Å². The monoisotopic (exact) mass is 320 g/mol. The standard InChI is InChI=1S/C12H17ClN2O4S/c1-19-9-6-12(16)14-7-8-15-20(17,18)11-4-2-10(13)3-5-11/h2-5,15H,6-9H2,1H3,(H,14,16). The fourth-order valence-electron chi connectivity index (χ4n) is 1.37. The molecule has 0 aliphatic rings. The van der Waals surface area contributed by atoms with Gasteiger partial charge in [-0.2, -0.15) is 0 Å². The molecule has 0 atom stereocenters. The van der Waals surface area contributed by atoms with Crippen molar-refractivity contribution in [3.8, 4) is 0 Å². The lowest BCUT2D eigenvalue weighted by Crippen LogP contribution is -2.35. The number of ether oxygens (including phenoxy) is 1. The van der Waals surface area contributed by atoms with Crippen LogP contribution in [0.1, 0.15) is 6.42 Å². The van der Waals surface area contributed by atoms with Crippen LogP contribution in [0.4, 0.5) is 0 Å². The summed E-state index contributed by atoms with van der Waals surface area (Å²) in [4.78, 5) is 11.4. The Bertz CT molecular complexity index is 531. The predicted octanol–water partition coefficient (Wildman–Crippen LogP) is 0.771. The number of hydrogen-bond acceptors (Lipinski definition) is 4. The Morgan fingerprint density at radius 2 is 1.90 bits per heavy atom. The lowest BCUT2D eigenvalue weighted by molar-refractivity contribution is -0.121. The second-order valence-electron chi connectivity index (χ2n) is 3.94. The number of amides is 1. The maximum Gasteiger partial charge on any atom is 0.240 e. The molecule has 0 fully saturated rings. The summed E-state index contributed by atoms with van der Waals surface area (Å²) in [5.41, 5.74) is 0. The van der Waals surface area contributed by atoms with E-state index in [9.17, 15) is 13.2 Å². The van der Waals surface area contributed by atoms with Crippen LogP contribution < -0.4 is 10.0 Å². The van der Waals surface area contributed by atoms with Crippen molar-refractivity contribution in [2.24, 2.45) is 0 Å². The fraction of sp³-hybridized carbons (Fsp3) is 0.417. The third kappa shape index (κ3) is 5.87. The van der Waals surface area contributed by atoms with E-state index in [1.54, 1.807) is 0 Å². The van der Waals surface area contributed by atoms with Gasteiger partial charge in [-0.1, -0.05) is 11.6 Å². The van der Waals surface area contributed by atoms with Crippen LogP contribution in [0.3, 0.4) is 0 Å². The Morgan fingerprint density at radius 1 is 1.25 bits per heavy atom. The van der Waals surface area contributed by atoms with Gasteiger partial charge < -0.3 is 10.1 Å². The summed E-state index contributed by atoms with van der Waals surface area (Å²) in [5.74, 6) is -0.183. The van der Waals surface area contributed by atoms with Crippen LogP contribution in [-0.2, 0) is 19.6 Å². The van der Waals surface area contributed by atoms with Gasteiger partial charge in [0.1, 0.15) is 0 Å². The van der Waals surface area contributed by atoms with Gasteiger partial charge in [-0.25, -0.2) is 13.1 Å². The Kier molecular flexibility index (Phi) is 6.94. The lowest BCUT2D eigenvalue weighted by Gasteiger charge is -2.08. The summed E-state index contributed by atoms with van der Waals surface area (Å²) < 4.78 is 30.9. The first-order chi connectivity index (χ1) is 9.45. The van der Waals surface area contributed by atoms with E-state index in [2.05, 4.69) is 10.0 Å². The number of sulfonamides is 1. The van der Waals surface area contributed by atoms with Crippen LogP contribution in [0.15, 0.2) is 29.2 Å². The summed E-state index contributed by atoms with van der Waals surface area (Å²) in [6.07, 6.45) is 0.250. The molecule has 0 radical (unpaired) electrons. The Labute approximate surface area is 123 Å².